The quantitative estimate of drug-likeness (QED) is 0.420. The molecule has 218 valence electrons. The molecule has 0 aromatic heterocycles. The Morgan fingerprint density at radius 1 is 1.23 bits per heavy atom. The van der Waals surface area contributed by atoms with Crippen molar-refractivity contribution in [3.63, 3.8) is 0 Å². The van der Waals surface area contributed by atoms with Crippen molar-refractivity contribution in [2.75, 3.05) is 37.8 Å². The topological polar surface area (TPSA) is 98.2 Å². The molecule has 13 heteroatoms. The average molecular weight is 602 g/mol. The van der Waals surface area contributed by atoms with Crippen LogP contribution in [-0.4, -0.2) is 74.3 Å². The van der Waals surface area contributed by atoms with E-state index in [2.05, 4.69) is 6.58 Å². The molecule has 1 aliphatic rings. The first kappa shape index (κ1) is 31.4. The monoisotopic (exact) mass is 601 g/mol. The number of halogens is 4. The van der Waals surface area contributed by atoms with E-state index in [4.69, 9.17) is 11.6 Å². The third-order valence-electron chi connectivity index (χ3n) is 7.07. The van der Waals surface area contributed by atoms with Gasteiger partial charge in [-0.3, -0.25) is 9.69 Å². The number of alkyl halides is 3. The van der Waals surface area contributed by atoms with Gasteiger partial charge in [0, 0.05) is 43.8 Å². The first-order valence-corrected chi connectivity index (χ1v) is 14.5. The van der Waals surface area contributed by atoms with Crippen LogP contribution in [0.2, 0.25) is 5.02 Å². The smallest absolute Gasteiger partial charge is 0.416 e. The third-order valence-corrected chi connectivity index (χ3v) is 9.08. The standard InChI is InChI=1S/C27H31ClF3N3O5S/c1-5-17-12-18(25(35)33(4)23-14-19(28)9-10-24(23)40(38,39)6-2)13-22(27(29,30)31)21(17)16-34-11-7-8-20(15-34)32(3)26(36)37/h5,9-10,12-14,20H,1,6-8,11,15-16H2,2-4H3,(H,36,37)/t20-/m0/s1. The highest BCUT2D eigenvalue weighted by Crippen LogP contribution is 2.37. The molecule has 2 amide bonds. The van der Waals surface area contributed by atoms with E-state index in [-0.39, 0.29) is 57.2 Å². The number of likely N-dealkylation sites (tertiary alicyclic amines) is 1. The Morgan fingerprint density at radius 2 is 1.90 bits per heavy atom. The summed E-state index contributed by atoms with van der Waals surface area (Å²) in [5, 5.41) is 9.46. The number of likely N-dealkylation sites (N-methyl/N-ethyl adjacent to an activating group) is 1. The van der Waals surface area contributed by atoms with E-state index >= 15 is 0 Å². The summed E-state index contributed by atoms with van der Waals surface area (Å²) in [5.74, 6) is -1.12. The normalized spacial score (nSPS) is 16.4. The predicted molar refractivity (Wildman–Crippen MR) is 148 cm³/mol. The van der Waals surface area contributed by atoms with Gasteiger partial charge in [-0.25, -0.2) is 13.2 Å². The number of piperidine rings is 1. The molecule has 1 fully saturated rings. The van der Waals surface area contributed by atoms with Gasteiger partial charge in [-0.1, -0.05) is 31.2 Å². The van der Waals surface area contributed by atoms with Crippen molar-refractivity contribution < 1.29 is 36.3 Å². The van der Waals surface area contributed by atoms with Gasteiger partial charge in [0.05, 0.1) is 21.9 Å². The molecule has 40 heavy (non-hydrogen) atoms. The molecule has 2 aromatic carbocycles. The Morgan fingerprint density at radius 3 is 2.48 bits per heavy atom. The van der Waals surface area contributed by atoms with Crippen molar-refractivity contribution in [1.82, 2.24) is 9.80 Å². The molecule has 0 unspecified atom stereocenters. The Kier molecular flexibility index (Phi) is 9.58. The molecular formula is C27H31ClF3N3O5S. The van der Waals surface area contributed by atoms with Gasteiger partial charge in [0.15, 0.2) is 9.84 Å². The highest BCUT2D eigenvalue weighted by molar-refractivity contribution is 7.91. The molecule has 2 aromatic rings. The number of sulfone groups is 1. The number of benzene rings is 2. The van der Waals surface area contributed by atoms with Crippen LogP contribution in [0, 0.1) is 0 Å². The van der Waals surface area contributed by atoms with Gasteiger partial charge in [-0.2, -0.15) is 13.2 Å². The molecule has 1 atom stereocenters. The molecule has 0 radical (unpaired) electrons. The summed E-state index contributed by atoms with van der Waals surface area (Å²) in [4.78, 5) is 28.6. The first-order valence-electron chi connectivity index (χ1n) is 12.5. The molecule has 1 heterocycles. The Balaban J connectivity index is 2.05. The predicted octanol–water partition coefficient (Wildman–Crippen LogP) is 5.65. The largest absolute Gasteiger partial charge is 0.465 e. The summed E-state index contributed by atoms with van der Waals surface area (Å²) in [7, 11) is -1.08. The number of anilines is 1. The fourth-order valence-electron chi connectivity index (χ4n) is 4.77. The molecular weight excluding hydrogens is 571 g/mol. The number of carbonyl (C=O) groups is 2. The lowest BCUT2D eigenvalue weighted by molar-refractivity contribution is -0.138. The summed E-state index contributed by atoms with van der Waals surface area (Å²) in [6, 6.07) is 5.57. The maximum atomic E-state index is 14.4. The average Bonchev–Trinajstić information content (AvgIpc) is 2.91. The summed E-state index contributed by atoms with van der Waals surface area (Å²) < 4.78 is 68.3. The minimum atomic E-state index is -4.82. The summed E-state index contributed by atoms with van der Waals surface area (Å²) in [6.45, 7) is 5.69. The van der Waals surface area contributed by atoms with Crippen molar-refractivity contribution in [3.8, 4) is 0 Å². The number of hydrogen-bond donors (Lipinski definition) is 1. The van der Waals surface area contributed by atoms with Gasteiger partial charge in [-0.05, 0) is 60.8 Å². The maximum Gasteiger partial charge on any atom is 0.416 e. The number of amides is 2. The van der Waals surface area contributed by atoms with E-state index in [1.807, 2.05) is 0 Å². The zero-order valence-corrected chi connectivity index (χ0v) is 23.9. The first-order chi connectivity index (χ1) is 18.6. The number of nitrogens with zero attached hydrogens (tertiary/aromatic N) is 3. The lowest BCUT2D eigenvalue weighted by atomic mass is 9.94. The van der Waals surface area contributed by atoms with E-state index in [9.17, 15) is 36.3 Å². The van der Waals surface area contributed by atoms with Crippen LogP contribution in [0.1, 0.15) is 46.8 Å². The lowest BCUT2D eigenvalue weighted by Crippen LogP contribution is -2.48. The lowest BCUT2D eigenvalue weighted by Gasteiger charge is -2.37. The van der Waals surface area contributed by atoms with Crippen LogP contribution in [0.5, 0.6) is 0 Å². The summed E-state index contributed by atoms with van der Waals surface area (Å²) in [6.07, 6.45) is -3.49. The second-order valence-corrected chi connectivity index (χ2v) is 12.3. The Hall–Kier alpha value is -3.09. The highest BCUT2D eigenvalue weighted by Gasteiger charge is 2.37. The van der Waals surface area contributed by atoms with E-state index in [0.717, 1.165) is 15.9 Å². The number of hydrogen-bond acceptors (Lipinski definition) is 5. The zero-order valence-electron chi connectivity index (χ0n) is 22.3. The number of rotatable bonds is 8. The van der Waals surface area contributed by atoms with Crippen molar-refractivity contribution in [2.45, 2.75) is 43.4 Å². The molecule has 3 rings (SSSR count). The van der Waals surface area contributed by atoms with E-state index in [1.54, 1.807) is 4.90 Å². The van der Waals surface area contributed by atoms with Gasteiger partial charge in [0.25, 0.3) is 5.91 Å². The van der Waals surface area contributed by atoms with Crippen LogP contribution >= 0.6 is 11.6 Å². The number of carboxylic acid groups (broad SMARTS) is 1. The van der Waals surface area contributed by atoms with Gasteiger partial charge in [-0.15, -0.1) is 0 Å². The van der Waals surface area contributed by atoms with Gasteiger partial charge in [0.2, 0.25) is 0 Å². The molecule has 0 aliphatic carbocycles. The van der Waals surface area contributed by atoms with Crippen LogP contribution in [-0.2, 0) is 22.6 Å². The highest BCUT2D eigenvalue weighted by atomic mass is 35.5. The molecule has 8 nitrogen and oxygen atoms in total. The minimum absolute atomic E-state index is 0.0564. The molecule has 1 N–H and O–H groups in total. The Labute approximate surface area is 236 Å². The van der Waals surface area contributed by atoms with Crippen molar-refractivity contribution in [2.24, 2.45) is 0 Å². The van der Waals surface area contributed by atoms with Crippen molar-refractivity contribution in [1.29, 1.82) is 0 Å². The van der Waals surface area contributed by atoms with E-state index in [1.165, 1.54) is 51.4 Å². The van der Waals surface area contributed by atoms with Gasteiger partial charge < -0.3 is 14.9 Å². The third kappa shape index (κ3) is 6.79. The van der Waals surface area contributed by atoms with Crippen LogP contribution in [0.4, 0.5) is 23.7 Å². The second kappa shape index (κ2) is 12.2. The maximum absolute atomic E-state index is 14.4. The molecule has 1 aliphatic heterocycles. The minimum Gasteiger partial charge on any atom is -0.465 e. The number of carbonyl (C=O) groups excluding carboxylic acids is 1. The van der Waals surface area contributed by atoms with Crippen molar-refractivity contribution >= 4 is 45.2 Å². The van der Waals surface area contributed by atoms with Crippen LogP contribution in [0.3, 0.4) is 0 Å². The summed E-state index contributed by atoms with van der Waals surface area (Å²) in [5.41, 5.74) is -1.39. The molecule has 1 saturated heterocycles. The van der Waals surface area contributed by atoms with Crippen LogP contribution < -0.4 is 4.90 Å². The van der Waals surface area contributed by atoms with Crippen LogP contribution in [0.25, 0.3) is 6.08 Å². The molecule has 0 spiro atoms. The SMILES string of the molecule is C=Cc1cc(C(=O)N(C)c2cc(Cl)ccc2S(=O)(=O)CC)cc(C(F)(F)F)c1CN1CCC[C@H](N(C)C(=O)O)C1. The molecule has 0 saturated carbocycles. The fourth-order valence-corrected chi connectivity index (χ4v) is 6.04. The van der Waals surface area contributed by atoms with E-state index in [0.29, 0.717) is 19.4 Å². The fraction of sp³-hybridized carbons (Fsp3) is 0.407. The Bertz CT molecular complexity index is 1410. The van der Waals surface area contributed by atoms with Gasteiger partial charge >= 0.3 is 12.3 Å². The zero-order chi connectivity index (χ0) is 30.0. The van der Waals surface area contributed by atoms with Gasteiger partial charge in [0.1, 0.15) is 0 Å². The van der Waals surface area contributed by atoms with Crippen molar-refractivity contribution in [3.05, 3.63) is 64.2 Å². The molecule has 0 bridgehead atoms. The van der Waals surface area contributed by atoms with E-state index < -0.39 is 33.6 Å². The van der Waals surface area contributed by atoms with Crippen LogP contribution in [0.15, 0.2) is 41.8 Å². The second-order valence-electron chi connectivity index (χ2n) is 9.60. The summed E-state index contributed by atoms with van der Waals surface area (Å²) >= 11 is 6.06.